The standard InChI is InChI=1S/C27H32BrN3O4S/c1-19(2)16-29-27(33)20(3)30(17-21-9-7-12-23(28)15-21)26(32)18-31(36(4,34)35)25-14-8-11-22-10-5-6-13-24(22)25/h5-15,19-20H,16-18H2,1-4H3,(H,29,33)/t20-/m0/s1. The fourth-order valence-electron chi connectivity index (χ4n) is 3.89. The van der Waals surface area contributed by atoms with Crippen LogP contribution >= 0.6 is 15.9 Å². The molecule has 0 unspecified atom stereocenters. The molecule has 0 fully saturated rings. The Kier molecular flexibility index (Phi) is 9.13. The molecule has 0 saturated heterocycles. The zero-order valence-electron chi connectivity index (χ0n) is 20.9. The summed E-state index contributed by atoms with van der Waals surface area (Å²) in [7, 11) is -3.81. The van der Waals surface area contributed by atoms with Gasteiger partial charge >= 0.3 is 0 Å². The van der Waals surface area contributed by atoms with Gasteiger partial charge in [-0.15, -0.1) is 0 Å². The Bertz CT molecular complexity index is 1340. The molecule has 9 heteroatoms. The average Bonchev–Trinajstić information content (AvgIpc) is 2.83. The first-order chi connectivity index (χ1) is 17.0. The van der Waals surface area contributed by atoms with Crippen LogP contribution in [0.1, 0.15) is 26.3 Å². The molecule has 2 amide bonds. The number of halogens is 1. The molecule has 3 aromatic carbocycles. The first kappa shape index (κ1) is 27.7. The quantitative estimate of drug-likeness (QED) is 0.385. The number of amides is 2. The smallest absolute Gasteiger partial charge is 0.244 e. The summed E-state index contributed by atoms with van der Waals surface area (Å²) in [6, 6.07) is 19.4. The number of rotatable bonds is 10. The van der Waals surface area contributed by atoms with E-state index in [1.165, 1.54) is 4.90 Å². The van der Waals surface area contributed by atoms with E-state index in [-0.39, 0.29) is 18.4 Å². The van der Waals surface area contributed by atoms with Crippen LogP contribution in [0.2, 0.25) is 0 Å². The first-order valence-electron chi connectivity index (χ1n) is 11.7. The largest absolute Gasteiger partial charge is 0.354 e. The summed E-state index contributed by atoms with van der Waals surface area (Å²) in [5.74, 6) is -0.508. The van der Waals surface area contributed by atoms with Crippen molar-refractivity contribution >= 4 is 54.2 Å². The number of hydrogen-bond donors (Lipinski definition) is 1. The Labute approximate surface area is 221 Å². The number of hydrogen-bond acceptors (Lipinski definition) is 4. The Morgan fingerprint density at radius 3 is 2.31 bits per heavy atom. The fraction of sp³-hybridized carbons (Fsp3) is 0.333. The van der Waals surface area contributed by atoms with Crippen LogP contribution in [0.4, 0.5) is 5.69 Å². The zero-order chi connectivity index (χ0) is 26.5. The summed E-state index contributed by atoms with van der Waals surface area (Å²) >= 11 is 3.45. The summed E-state index contributed by atoms with van der Waals surface area (Å²) < 4.78 is 27.7. The highest BCUT2D eigenvalue weighted by Crippen LogP contribution is 2.28. The molecule has 0 aliphatic heterocycles. The summed E-state index contributed by atoms with van der Waals surface area (Å²) in [6.45, 7) is 5.85. The van der Waals surface area contributed by atoms with Crippen LogP contribution in [0, 0.1) is 5.92 Å². The Morgan fingerprint density at radius 2 is 1.64 bits per heavy atom. The van der Waals surface area contributed by atoms with Gasteiger partial charge in [-0.3, -0.25) is 13.9 Å². The lowest BCUT2D eigenvalue weighted by Gasteiger charge is -2.32. The molecule has 0 radical (unpaired) electrons. The minimum absolute atomic E-state index is 0.154. The molecule has 0 aromatic heterocycles. The lowest BCUT2D eigenvalue weighted by Crippen LogP contribution is -2.51. The predicted octanol–water partition coefficient (Wildman–Crippen LogP) is 4.56. The van der Waals surface area contributed by atoms with Gasteiger partial charge in [0.05, 0.1) is 11.9 Å². The molecule has 192 valence electrons. The Hall–Kier alpha value is -2.91. The highest BCUT2D eigenvalue weighted by atomic mass is 79.9. The molecule has 7 nitrogen and oxygen atoms in total. The topological polar surface area (TPSA) is 86.8 Å². The minimum atomic E-state index is -3.81. The fourth-order valence-corrected chi connectivity index (χ4v) is 5.20. The molecule has 0 aliphatic carbocycles. The van der Waals surface area contributed by atoms with Crippen molar-refractivity contribution in [2.45, 2.75) is 33.4 Å². The van der Waals surface area contributed by atoms with Crippen molar-refractivity contribution in [1.82, 2.24) is 10.2 Å². The van der Waals surface area contributed by atoms with Crippen molar-refractivity contribution in [3.05, 3.63) is 76.8 Å². The number of nitrogens with zero attached hydrogens (tertiary/aromatic N) is 2. The van der Waals surface area contributed by atoms with E-state index in [0.29, 0.717) is 12.2 Å². The minimum Gasteiger partial charge on any atom is -0.354 e. The molecule has 0 bridgehead atoms. The average molecular weight is 575 g/mol. The summed E-state index contributed by atoms with van der Waals surface area (Å²) in [5, 5.41) is 4.47. The van der Waals surface area contributed by atoms with E-state index in [1.807, 2.05) is 68.4 Å². The van der Waals surface area contributed by atoms with Crippen LogP contribution < -0.4 is 9.62 Å². The molecule has 0 aliphatic rings. The normalized spacial score (nSPS) is 12.4. The Morgan fingerprint density at radius 1 is 0.972 bits per heavy atom. The van der Waals surface area contributed by atoms with Crippen molar-refractivity contribution in [3.63, 3.8) is 0 Å². The van der Waals surface area contributed by atoms with Gasteiger partial charge in [0, 0.05) is 22.9 Å². The van der Waals surface area contributed by atoms with E-state index >= 15 is 0 Å². The van der Waals surface area contributed by atoms with Crippen LogP contribution in [0.3, 0.4) is 0 Å². The van der Waals surface area contributed by atoms with E-state index in [1.54, 1.807) is 19.1 Å². The van der Waals surface area contributed by atoms with E-state index in [4.69, 9.17) is 0 Å². The SMILES string of the molecule is CC(C)CNC(=O)[C@H](C)N(Cc1cccc(Br)c1)C(=O)CN(c1cccc2ccccc12)S(C)(=O)=O. The van der Waals surface area contributed by atoms with Crippen molar-refractivity contribution in [3.8, 4) is 0 Å². The molecule has 0 spiro atoms. The van der Waals surface area contributed by atoms with Crippen molar-refractivity contribution in [2.75, 3.05) is 23.7 Å². The van der Waals surface area contributed by atoms with Crippen LogP contribution in [-0.2, 0) is 26.2 Å². The summed E-state index contributed by atoms with van der Waals surface area (Å²) in [4.78, 5) is 28.1. The number of carbonyl (C=O) groups excluding carboxylic acids is 2. The maximum absolute atomic E-state index is 13.7. The van der Waals surface area contributed by atoms with Gasteiger partial charge in [-0.05, 0) is 42.0 Å². The molecular formula is C27H32BrN3O4S. The van der Waals surface area contributed by atoms with Gasteiger partial charge in [-0.1, -0.05) is 78.3 Å². The molecule has 0 saturated carbocycles. The van der Waals surface area contributed by atoms with Gasteiger partial charge in [0.1, 0.15) is 12.6 Å². The second-order valence-corrected chi connectivity index (χ2v) is 12.1. The second kappa shape index (κ2) is 11.9. The summed E-state index contributed by atoms with van der Waals surface area (Å²) in [6.07, 6.45) is 1.08. The third-order valence-corrected chi connectivity index (χ3v) is 7.43. The van der Waals surface area contributed by atoms with Gasteiger partial charge in [0.2, 0.25) is 21.8 Å². The number of fused-ring (bicyclic) bond motifs is 1. The molecule has 1 atom stereocenters. The predicted molar refractivity (Wildman–Crippen MR) is 148 cm³/mol. The number of sulfonamides is 1. The molecule has 0 heterocycles. The second-order valence-electron chi connectivity index (χ2n) is 9.23. The van der Waals surface area contributed by atoms with Gasteiger partial charge in [0.15, 0.2) is 0 Å². The van der Waals surface area contributed by atoms with E-state index in [0.717, 1.165) is 31.4 Å². The lowest BCUT2D eigenvalue weighted by molar-refractivity contribution is -0.139. The van der Waals surface area contributed by atoms with E-state index in [9.17, 15) is 18.0 Å². The number of nitrogens with one attached hydrogen (secondary N) is 1. The Balaban J connectivity index is 1.97. The molecule has 1 N–H and O–H groups in total. The summed E-state index contributed by atoms with van der Waals surface area (Å²) in [5.41, 5.74) is 1.24. The van der Waals surface area contributed by atoms with Crippen LogP contribution in [0.15, 0.2) is 71.2 Å². The van der Waals surface area contributed by atoms with E-state index < -0.39 is 28.5 Å². The monoisotopic (exact) mass is 573 g/mol. The van der Waals surface area contributed by atoms with Gasteiger partial charge in [-0.2, -0.15) is 0 Å². The highest BCUT2D eigenvalue weighted by Gasteiger charge is 2.30. The molecule has 3 aromatic rings. The van der Waals surface area contributed by atoms with Gasteiger partial charge in [0.25, 0.3) is 0 Å². The molecular weight excluding hydrogens is 542 g/mol. The molecule has 36 heavy (non-hydrogen) atoms. The number of benzene rings is 3. The van der Waals surface area contributed by atoms with Crippen LogP contribution in [0.25, 0.3) is 10.8 Å². The van der Waals surface area contributed by atoms with Gasteiger partial charge < -0.3 is 10.2 Å². The van der Waals surface area contributed by atoms with Crippen LogP contribution in [-0.4, -0.2) is 50.5 Å². The number of anilines is 1. The third kappa shape index (κ3) is 7.07. The van der Waals surface area contributed by atoms with Gasteiger partial charge in [-0.25, -0.2) is 8.42 Å². The van der Waals surface area contributed by atoms with Crippen molar-refractivity contribution in [1.29, 1.82) is 0 Å². The van der Waals surface area contributed by atoms with Crippen LogP contribution in [0.5, 0.6) is 0 Å². The third-order valence-electron chi connectivity index (χ3n) is 5.81. The number of carbonyl (C=O) groups is 2. The zero-order valence-corrected chi connectivity index (χ0v) is 23.3. The van der Waals surface area contributed by atoms with Crippen molar-refractivity contribution < 1.29 is 18.0 Å². The highest BCUT2D eigenvalue weighted by molar-refractivity contribution is 9.10. The maximum Gasteiger partial charge on any atom is 0.244 e. The van der Waals surface area contributed by atoms with E-state index in [2.05, 4.69) is 21.2 Å². The lowest BCUT2D eigenvalue weighted by atomic mass is 10.1. The maximum atomic E-state index is 13.7. The molecule has 3 rings (SSSR count). The van der Waals surface area contributed by atoms with Crippen molar-refractivity contribution in [2.24, 2.45) is 5.92 Å². The first-order valence-corrected chi connectivity index (χ1v) is 14.4.